The van der Waals surface area contributed by atoms with Crippen molar-refractivity contribution in [3.05, 3.63) is 36.2 Å². The van der Waals surface area contributed by atoms with Gasteiger partial charge in [0.05, 0.1) is 5.69 Å². The number of rotatable bonds is 5. The maximum atomic E-state index is 11.8. The first-order valence-corrected chi connectivity index (χ1v) is 6.79. The number of carbonyl (C=O) groups excluding carboxylic acids is 1. The van der Waals surface area contributed by atoms with Gasteiger partial charge in [0.2, 0.25) is 5.89 Å². The van der Waals surface area contributed by atoms with Crippen molar-refractivity contribution in [3.63, 3.8) is 0 Å². The fraction of sp³-hybridized carbons (Fsp3) is 0.333. The molecule has 1 atom stereocenters. The van der Waals surface area contributed by atoms with Gasteiger partial charge in [0.15, 0.2) is 0 Å². The molecule has 21 heavy (non-hydrogen) atoms. The minimum absolute atomic E-state index is 0.0421. The van der Waals surface area contributed by atoms with Crippen molar-refractivity contribution in [2.75, 3.05) is 11.9 Å². The Kier molecular flexibility index (Phi) is 4.94. The number of anilines is 1. The molecule has 0 radical (unpaired) electrons. The molecule has 0 saturated heterocycles. The molecule has 0 fully saturated rings. The van der Waals surface area contributed by atoms with Gasteiger partial charge in [-0.2, -0.15) is 0 Å². The summed E-state index contributed by atoms with van der Waals surface area (Å²) < 4.78 is 5.34. The van der Waals surface area contributed by atoms with Gasteiger partial charge in [-0.05, 0) is 38.5 Å². The van der Waals surface area contributed by atoms with Gasteiger partial charge in [0.1, 0.15) is 6.26 Å². The van der Waals surface area contributed by atoms with Crippen LogP contribution in [0.5, 0.6) is 0 Å². The number of aliphatic hydroxyl groups excluding tert-OH is 1. The van der Waals surface area contributed by atoms with Gasteiger partial charge in [-0.3, -0.25) is 0 Å². The standard InChI is InChI=1S/C15H19N3O3/c1-10(6-7-19)17-15(20)18-13-5-3-4-12(8-13)14-16-11(2)9-21-14/h3-5,8-10,19H,6-7H2,1-2H3,(H2,17,18,20)/t10-/m1/s1. The number of oxazole rings is 1. The number of aromatic nitrogens is 1. The normalized spacial score (nSPS) is 12.0. The number of urea groups is 1. The number of carbonyl (C=O) groups is 1. The van der Waals surface area contributed by atoms with Crippen LogP contribution in [0.2, 0.25) is 0 Å². The molecule has 0 bridgehead atoms. The molecule has 1 aromatic carbocycles. The Labute approximate surface area is 123 Å². The smallest absolute Gasteiger partial charge is 0.319 e. The van der Waals surface area contributed by atoms with Crippen molar-refractivity contribution < 1.29 is 14.3 Å². The van der Waals surface area contributed by atoms with E-state index in [0.29, 0.717) is 18.0 Å². The first-order valence-electron chi connectivity index (χ1n) is 6.79. The highest BCUT2D eigenvalue weighted by atomic mass is 16.3. The lowest BCUT2D eigenvalue weighted by Gasteiger charge is -2.13. The first-order chi connectivity index (χ1) is 10.1. The molecule has 3 N–H and O–H groups in total. The summed E-state index contributed by atoms with van der Waals surface area (Å²) in [4.78, 5) is 16.1. The molecular weight excluding hydrogens is 270 g/mol. The van der Waals surface area contributed by atoms with Crippen LogP contribution < -0.4 is 10.6 Å². The van der Waals surface area contributed by atoms with Gasteiger partial charge in [-0.1, -0.05) is 6.07 Å². The Morgan fingerprint density at radius 1 is 1.48 bits per heavy atom. The van der Waals surface area contributed by atoms with E-state index in [1.54, 1.807) is 18.4 Å². The van der Waals surface area contributed by atoms with E-state index in [-0.39, 0.29) is 18.7 Å². The van der Waals surface area contributed by atoms with Crippen molar-refractivity contribution in [3.8, 4) is 11.5 Å². The van der Waals surface area contributed by atoms with Crippen LogP contribution in [0.4, 0.5) is 10.5 Å². The van der Waals surface area contributed by atoms with Gasteiger partial charge in [-0.25, -0.2) is 9.78 Å². The average Bonchev–Trinajstić information content (AvgIpc) is 2.86. The molecule has 0 spiro atoms. The van der Waals surface area contributed by atoms with Crippen LogP contribution in [0.15, 0.2) is 34.9 Å². The van der Waals surface area contributed by atoms with E-state index in [1.165, 1.54) is 0 Å². The maximum Gasteiger partial charge on any atom is 0.319 e. The fourth-order valence-corrected chi connectivity index (χ4v) is 1.87. The van der Waals surface area contributed by atoms with Gasteiger partial charge < -0.3 is 20.2 Å². The molecule has 1 heterocycles. The van der Waals surface area contributed by atoms with E-state index in [2.05, 4.69) is 15.6 Å². The number of hydrogen-bond donors (Lipinski definition) is 3. The third-order valence-electron chi connectivity index (χ3n) is 2.93. The molecule has 0 aliphatic rings. The lowest BCUT2D eigenvalue weighted by atomic mass is 10.2. The highest BCUT2D eigenvalue weighted by molar-refractivity contribution is 5.90. The second-order valence-corrected chi connectivity index (χ2v) is 4.89. The van der Waals surface area contributed by atoms with Gasteiger partial charge in [0.25, 0.3) is 0 Å². The monoisotopic (exact) mass is 289 g/mol. The molecule has 2 rings (SSSR count). The molecule has 0 saturated carbocycles. The Hall–Kier alpha value is -2.34. The van der Waals surface area contributed by atoms with Crippen LogP contribution >= 0.6 is 0 Å². The molecule has 6 heteroatoms. The molecule has 0 aliphatic carbocycles. The Bertz CT molecular complexity index is 610. The highest BCUT2D eigenvalue weighted by Gasteiger charge is 2.09. The van der Waals surface area contributed by atoms with Gasteiger partial charge in [0, 0.05) is 23.9 Å². The molecule has 6 nitrogen and oxygen atoms in total. The molecule has 0 aliphatic heterocycles. The number of nitrogens with one attached hydrogen (secondary N) is 2. The number of amides is 2. The third kappa shape index (κ3) is 4.32. The maximum absolute atomic E-state index is 11.8. The average molecular weight is 289 g/mol. The van der Waals surface area contributed by atoms with Crippen LogP contribution in [0.1, 0.15) is 19.0 Å². The number of benzene rings is 1. The van der Waals surface area contributed by atoms with Gasteiger partial charge in [-0.15, -0.1) is 0 Å². The SMILES string of the molecule is Cc1coc(-c2cccc(NC(=O)N[C@H](C)CCO)c2)n1. The summed E-state index contributed by atoms with van der Waals surface area (Å²) >= 11 is 0. The van der Waals surface area contributed by atoms with Crippen LogP contribution in [-0.4, -0.2) is 28.8 Å². The summed E-state index contributed by atoms with van der Waals surface area (Å²) in [6, 6.07) is 6.87. The number of aryl methyl sites for hydroxylation is 1. The number of nitrogens with zero attached hydrogens (tertiary/aromatic N) is 1. The van der Waals surface area contributed by atoms with E-state index in [0.717, 1.165) is 11.3 Å². The van der Waals surface area contributed by atoms with Crippen LogP contribution in [0, 0.1) is 6.92 Å². The van der Waals surface area contributed by atoms with E-state index in [4.69, 9.17) is 9.52 Å². The summed E-state index contributed by atoms with van der Waals surface area (Å²) in [7, 11) is 0. The predicted molar refractivity (Wildman–Crippen MR) is 80.0 cm³/mol. The fourth-order valence-electron chi connectivity index (χ4n) is 1.87. The van der Waals surface area contributed by atoms with Crippen LogP contribution in [0.25, 0.3) is 11.5 Å². The summed E-state index contributed by atoms with van der Waals surface area (Å²) in [5.74, 6) is 0.519. The zero-order chi connectivity index (χ0) is 15.2. The Balaban J connectivity index is 2.03. The minimum Gasteiger partial charge on any atom is -0.444 e. The van der Waals surface area contributed by atoms with E-state index in [1.807, 2.05) is 26.0 Å². The van der Waals surface area contributed by atoms with Gasteiger partial charge >= 0.3 is 6.03 Å². The topological polar surface area (TPSA) is 87.4 Å². The Morgan fingerprint density at radius 3 is 2.95 bits per heavy atom. The predicted octanol–water partition coefficient (Wildman–Crippen LogP) is 2.54. The quantitative estimate of drug-likeness (QED) is 0.789. The van der Waals surface area contributed by atoms with Crippen molar-refractivity contribution in [1.82, 2.24) is 10.3 Å². The number of hydrogen-bond acceptors (Lipinski definition) is 4. The lowest BCUT2D eigenvalue weighted by molar-refractivity contribution is 0.241. The molecular formula is C15H19N3O3. The van der Waals surface area contributed by atoms with Crippen molar-refractivity contribution >= 4 is 11.7 Å². The molecule has 112 valence electrons. The van der Waals surface area contributed by atoms with Crippen LogP contribution in [-0.2, 0) is 0 Å². The van der Waals surface area contributed by atoms with E-state index in [9.17, 15) is 4.79 Å². The third-order valence-corrected chi connectivity index (χ3v) is 2.93. The lowest BCUT2D eigenvalue weighted by Crippen LogP contribution is -2.36. The zero-order valence-corrected chi connectivity index (χ0v) is 12.1. The largest absolute Gasteiger partial charge is 0.444 e. The summed E-state index contributed by atoms with van der Waals surface area (Å²) in [6.45, 7) is 3.73. The molecule has 2 amide bonds. The molecule has 1 aromatic heterocycles. The second kappa shape index (κ2) is 6.90. The van der Waals surface area contributed by atoms with Crippen LogP contribution in [0.3, 0.4) is 0 Å². The van der Waals surface area contributed by atoms with E-state index < -0.39 is 0 Å². The van der Waals surface area contributed by atoms with Crippen molar-refractivity contribution in [2.24, 2.45) is 0 Å². The molecule has 0 unspecified atom stereocenters. The zero-order valence-electron chi connectivity index (χ0n) is 12.1. The summed E-state index contributed by atoms with van der Waals surface area (Å²) in [5, 5.41) is 14.3. The van der Waals surface area contributed by atoms with Crippen molar-refractivity contribution in [1.29, 1.82) is 0 Å². The minimum atomic E-state index is -0.309. The molecule has 2 aromatic rings. The summed E-state index contributed by atoms with van der Waals surface area (Å²) in [5.41, 5.74) is 2.25. The first kappa shape index (κ1) is 15.1. The summed E-state index contributed by atoms with van der Waals surface area (Å²) in [6.07, 6.45) is 2.10. The van der Waals surface area contributed by atoms with E-state index >= 15 is 0 Å². The van der Waals surface area contributed by atoms with Crippen molar-refractivity contribution in [2.45, 2.75) is 26.3 Å². The number of aliphatic hydroxyl groups is 1. The Morgan fingerprint density at radius 2 is 2.29 bits per heavy atom. The second-order valence-electron chi connectivity index (χ2n) is 4.89. The highest BCUT2D eigenvalue weighted by Crippen LogP contribution is 2.21.